The molecule has 1 aromatic carbocycles. The first kappa shape index (κ1) is 9.61. The van der Waals surface area contributed by atoms with Crippen molar-refractivity contribution in [2.45, 2.75) is 12.8 Å². The molecule has 0 unspecified atom stereocenters. The van der Waals surface area contributed by atoms with Crippen LogP contribution < -0.4 is 4.90 Å². The Balaban J connectivity index is 2.30. The number of rotatable bonds is 0. The molecule has 0 fully saturated rings. The van der Waals surface area contributed by atoms with Gasteiger partial charge in [0.1, 0.15) is 6.07 Å². The van der Waals surface area contributed by atoms with Gasteiger partial charge in [0.05, 0.1) is 10.2 Å². The van der Waals surface area contributed by atoms with Gasteiger partial charge >= 0.3 is 0 Å². The van der Waals surface area contributed by atoms with E-state index >= 15 is 0 Å². The van der Waals surface area contributed by atoms with Gasteiger partial charge in [0.15, 0.2) is 5.01 Å². The molecule has 2 heterocycles. The first-order valence-corrected chi connectivity index (χ1v) is 6.15. The lowest BCUT2D eigenvalue weighted by atomic mass is 10.0. The first-order chi connectivity index (χ1) is 7.79. The molecule has 0 bridgehead atoms. The predicted molar refractivity (Wildman–Crippen MR) is 65.9 cm³/mol. The number of anilines is 1. The van der Waals surface area contributed by atoms with Gasteiger partial charge in [-0.15, -0.1) is 11.3 Å². The van der Waals surface area contributed by atoms with Crippen LogP contribution in [0.4, 0.5) is 5.69 Å². The summed E-state index contributed by atoms with van der Waals surface area (Å²) in [6.07, 6.45) is 2.28. The molecule has 0 N–H and O–H groups in total. The summed E-state index contributed by atoms with van der Waals surface area (Å²) in [7, 11) is 2.12. The summed E-state index contributed by atoms with van der Waals surface area (Å²) in [6, 6.07) is 6.27. The van der Waals surface area contributed by atoms with Crippen LogP contribution in [0.3, 0.4) is 0 Å². The highest BCUT2D eigenvalue weighted by atomic mass is 32.1. The van der Waals surface area contributed by atoms with Crippen molar-refractivity contribution in [3.63, 3.8) is 0 Å². The van der Waals surface area contributed by atoms with E-state index in [0.717, 1.165) is 18.5 Å². The van der Waals surface area contributed by atoms with Crippen molar-refractivity contribution in [1.29, 1.82) is 5.26 Å². The predicted octanol–water partition coefficient (Wildman–Crippen LogP) is 2.55. The van der Waals surface area contributed by atoms with Crippen molar-refractivity contribution >= 4 is 27.2 Å². The lowest BCUT2D eigenvalue weighted by Gasteiger charge is -2.27. The molecule has 0 spiro atoms. The Bertz CT molecular complexity index is 594. The van der Waals surface area contributed by atoms with E-state index in [-0.39, 0.29) is 0 Å². The minimum atomic E-state index is 0.566. The van der Waals surface area contributed by atoms with Gasteiger partial charge in [-0.1, -0.05) is 0 Å². The summed E-state index contributed by atoms with van der Waals surface area (Å²) < 4.78 is 1.20. The zero-order chi connectivity index (χ0) is 11.1. The van der Waals surface area contributed by atoms with Crippen LogP contribution in [0.2, 0.25) is 0 Å². The Morgan fingerprint density at radius 1 is 1.50 bits per heavy atom. The second-order valence-electron chi connectivity index (χ2n) is 4.07. The maximum absolute atomic E-state index is 8.88. The van der Waals surface area contributed by atoms with Crippen molar-refractivity contribution in [3.8, 4) is 6.07 Å². The maximum Gasteiger partial charge on any atom is 0.195 e. The van der Waals surface area contributed by atoms with E-state index in [2.05, 4.69) is 29.1 Å². The molecule has 0 saturated heterocycles. The van der Waals surface area contributed by atoms with Crippen molar-refractivity contribution in [3.05, 3.63) is 22.7 Å². The molecule has 1 aromatic heterocycles. The largest absolute Gasteiger partial charge is 0.374 e. The van der Waals surface area contributed by atoms with Crippen LogP contribution >= 0.6 is 11.3 Å². The number of aromatic nitrogens is 1. The summed E-state index contributed by atoms with van der Waals surface area (Å²) in [5, 5.41) is 9.45. The molecule has 0 amide bonds. The third kappa shape index (κ3) is 1.29. The third-order valence-corrected chi connectivity index (χ3v) is 4.10. The molecule has 0 radical (unpaired) electrons. The van der Waals surface area contributed by atoms with E-state index < -0.39 is 0 Å². The van der Waals surface area contributed by atoms with Crippen LogP contribution in [0, 0.1) is 11.3 Å². The molecule has 1 aliphatic heterocycles. The minimum absolute atomic E-state index is 0.566. The molecular weight excluding hydrogens is 218 g/mol. The Morgan fingerprint density at radius 3 is 3.19 bits per heavy atom. The van der Waals surface area contributed by atoms with Gasteiger partial charge in [-0.05, 0) is 30.5 Å². The first-order valence-electron chi connectivity index (χ1n) is 5.33. The standard InChI is InChI=1S/C12H11N3S/c1-15-6-2-3-8-10(15)5-4-9-12(8)16-11(7-13)14-9/h4-5H,2-3,6H2,1H3. The number of benzene rings is 1. The van der Waals surface area contributed by atoms with Crippen LogP contribution in [-0.2, 0) is 6.42 Å². The summed E-state index contributed by atoms with van der Waals surface area (Å²) in [6.45, 7) is 1.11. The second-order valence-corrected chi connectivity index (χ2v) is 5.07. The fourth-order valence-electron chi connectivity index (χ4n) is 2.30. The molecule has 0 saturated carbocycles. The molecule has 16 heavy (non-hydrogen) atoms. The average molecular weight is 229 g/mol. The zero-order valence-electron chi connectivity index (χ0n) is 9.03. The number of nitriles is 1. The van der Waals surface area contributed by atoms with Gasteiger partial charge in [0.25, 0.3) is 0 Å². The molecule has 80 valence electrons. The van der Waals surface area contributed by atoms with Gasteiger partial charge in [-0.2, -0.15) is 5.26 Å². The van der Waals surface area contributed by atoms with E-state index in [1.54, 1.807) is 0 Å². The lowest BCUT2D eigenvalue weighted by molar-refractivity contribution is 0.750. The maximum atomic E-state index is 8.88. The van der Waals surface area contributed by atoms with Gasteiger partial charge in [-0.3, -0.25) is 0 Å². The molecule has 0 atom stereocenters. The Labute approximate surface area is 97.9 Å². The number of nitrogens with zero attached hydrogens (tertiary/aromatic N) is 3. The van der Waals surface area contributed by atoms with Gasteiger partial charge in [0.2, 0.25) is 0 Å². The Morgan fingerprint density at radius 2 is 2.38 bits per heavy atom. The van der Waals surface area contributed by atoms with Gasteiger partial charge in [-0.25, -0.2) is 4.98 Å². The van der Waals surface area contributed by atoms with Crippen LogP contribution in [0.1, 0.15) is 17.0 Å². The fraction of sp³-hybridized carbons (Fsp3) is 0.333. The number of aryl methyl sites for hydroxylation is 1. The van der Waals surface area contributed by atoms with E-state index in [9.17, 15) is 0 Å². The molecule has 3 nitrogen and oxygen atoms in total. The van der Waals surface area contributed by atoms with E-state index in [0.29, 0.717) is 5.01 Å². The number of hydrogen-bond acceptors (Lipinski definition) is 4. The molecular formula is C12H11N3S. The van der Waals surface area contributed by atoms with E-state index in [1.165, 1.54) is 33.7 Å². The van der Waals surface area contributed by atoms with Crippen molar-refractivity contribution in [2.75, 3.05) is 18.5 Å². The molecule has 2 aromatic rings. The average Bonchev–Trinajstić information content (AvgIpc) is 2.72. The zero-order valence-corrected chi connectivity index (χ0v) is 9.84. The topological polar surface area (TPSA) is 39.9 Å². The number of fused-ring (bicyclic) bond motifs is 3. The Hall–Kier alpha value is -1.60. The monoisotopic (exact) mass is 229 g/mol. The summed E-state index contributed by atoms with van der Waals surface area (Å²) in [4.78, 5) is 6.59. The van der Waals surface area contributed by atoms with Crippen molar-refractivity contribution in [1.82, 2.24) is 4.98 Å². The van der Waals surface area contributed by atoms with E-state index in [1.807, 2.05) is 6.07 Å². The lowest BCUT2D eigenvalue weighted by Crippen LogP contribution is -2.24. The second kappa shape index (κ2) is 3.46. The van der Waals surface area contributed by atoms with Crippen LogP contribution in [0.15, 0.2) is 12.1 Å². The van der Waals surface area contributed by atoms with E-state index in [4.69, 9.17) is 5.26 Å². The Kier molecular flexibility index (Phi) is 2.08. The SMILES string of the molecule is CN1CCCc2c1ccc1nc(C#N)sc21. The van der Waals surface area contributed by atoms with Crippen LogP contribution in [-0.4, -0.2) is 18.6 Å². The third-order valence-electron chi connectivity index (χ3n) is 3.06. The van der Waals surface area contributed by atoms with Crippen LogP contribution in [0.5, 0.6) is 0 Å². The quantitative estimate of drug-likeness (QED) is 0.697. The van der Waals surface area contributed by atoms with Gasteiger partial charge < -0.3 is 4.90 Å². The molecule has 3 rings (SSSR count). The smallest absolute Gasteiger partial charge is 0.195 e. The van der Waals surface area contributed by atoms with Crippen molar-refractivity contribution < 1.29 is 0 Å². The highest BCUT2D eigenvalue weighted by molar-refractivity contribution is 7.19. The van der Waals surface area contributed by atoms with Crippen molar-refractivity contribution in [2.24, 2.45) is 0 Å². The summed E-state index contributed by atoms with van der Waals surface area (Å²) >= 11 is 1.52. The highest BCUT2D eigenvalue weighted by Crippen LogP contribution is 2.35. The molecule has 0 aliphatic carbocycles. The highest BCUT2D eigenvalue weighted by Gasteiger charge is 2.18. The summed E-state index contributed by atoms with van der Waals surface area (Å²) in [5.74, 6) is 0. The fourth-order valence-corrected chi connectivity index (χ4v) is 3.23. The van der Waals surface area contributed by atoms with Crippen LogP contribution in [0.25, 0.3) is 10.2 Å². The summed E-state index contributed by atoms with van der Waals surface area (Å²) in [5.41, 5.74) is 3.63. The molecule has 4 heteroatoms. The molecule has 1 aliphatic rings. The minimum Gasteiger partial charge on any atom is -0.374 e. The normalized spacial score (nSPS) is 14.9. The number of thiazole rings is 1. The number of hydrogen-bond donors (Lipinski definition) is 0. The van der Waals surface area contributed by atoms with Gasteiger partial charge in [0, 0.05) is 19.3 Å².